The Hall–Kier alpha value is -1.30. The molecule has 1 atom stereocenters. The summed E-state index contributed by atoms with van der Waals surface area (Å²) in [5.41, 5.74) is 0.412. The highest BCUT2D eigenvalue weighted by atomic mass is 19.4. The number of hydrogen-bond donors (Lipinski definition) is 1. The van der Waals surface area contributed by atoms with E-state index in [2.05, 4.69) is 4.98 Å². The molecule has 0 aromatic carbocycles. The zero-order chi connectivity index (χ0) is 13.8. The molecule has 1 aromatic heterocycles. The standard InChI is InChI=1S/C12H17F3N2O/c1-3-7-17(8-12(13,14)15)11-10(9(2)18)5-4-6-16-11/h4-6,9,18H,3,7-8H2,1-2H3/t9-/m0/s1. The van der Waals surface area contributed by atoms with Crippen molar-refractivity contribution < 1.29 is 18.3 Å². The molecule has 0 saturated heterocycles. The molecule has 0 spiro atoms. The molecule has 1 heterocycles. The number of hydrogen-bond acceptors (Lipinski definition) is 3. The van der Waals surface area contributed by atoms with Crippen LogP contribution in [0.4, 0.5) is 19.0 Å². The number of pyridine rings is 1. The number of nitrogens with zero attached hydrogens (tertiary/aromatic N) is 2. The van der Waals surface area contributed by atoms with Gasteiger partial charge < -0.3 is 10.0 Å². The van der Waals surface area contributed by atoms with Crippen LogP contribution >= 0.6 is 0 Å². The second-order valence-corrected chi connectivity index (χ2v) is 4.13. The predicted molar refractivity (Wildman–Crippen MR) is 63.4 cm³/mol. The van der Waals surface area contributed by atoms with Crippen molar-refractivity contribution in [1.29, 1.82) is 0 Å². The van der Waals surface area contributed by atoms with Gasteiger partial charge in [-0.05, 0) is 19.4 Å². The lowest BCUT2D eigenvalue weighted by molar-refractivity contribution is -0.119. The van der Waals surface area contributed by atoms with Gasteiger partial charge in [-0.1, -0.05) is 13.0 Å². The minimum atomic E-state index is -4.29. The highest BCUT2D eigenvalue weighted by Gasteiger charge is 2.32. The van der Waals surface area contributed by atoms with Gasteiger partial charge in [0.1, 0.15) is 12.4 Å². The summed E-state index contributed by atoms with van der Waals surface area (Å²) in [6, 6.07) is 3.19. The summed E-state index contributed by atoms with van der Waals surface area (Å²) in [6.45, 7) is 2.50. The summed E-state index contributed by atoms with van der Waals surface area (Å²) >= 11 is 0. The second-order valence-electron chi connectivity index (χ2n) is 4.13. The van der Waals surface area contributed by atoms with Crippen LogP contribution in [0.15, 0.2) is 18.3 Å². The van der Waals surface area contributed by atoms with Crippen molar-refractivity contribution in [3.63, 3.8) is 0 Å². The van der Waals surface area contributed by atoms with Gasteiger partial charge in [0.25, 0.3) is 0 Å². The SMILES string of the molecule is CCCN(CC(F)(F)F)c1ncccc1[C@H](C)O. The van der Waals surface area contributed by atoms with Crippen LogP contribution in [0.1, 0.15) is 31.9 Å². The summed E-state index contributed by atoms with van der Waals surface area (Å²) in [7, 11) is 0. The zero-order valence-electron chi connectivity index (χ0n) is 10.4. The minimum Gasteiger partial charge on any atom is -0.389 e. The Labute approximate surface area is 104 Å². The van der Waals surface area contributed by atoms with E-state index in [1.165, 1.54) is 13.1 Å². The van der Waals surface area contributed by atoms with Crippen LogP contribution < -0.4 is 4.90 Å². The Bertz CT molecular complexity index is 380. The van der Waals surface area contributed by atoms with Crippen molar-refractivity contribution in [2.45, 2.75) is 32.5 Å². The van der Waals surface area contributed by atoms with E-state index in [0.29, 0.717) is 12.0 Å². The molecular weight excluding hydrogens is 245 g/mol. The zero-order valence-corrected chi connectivity index (χ0v) is 10.4. The lowest BCUT2D eigenvalue weighted by atomic mass is 10.1. The van der Waals surface area contributed by atoms with Crippen LogP contribution in [0.5, 0.6) is 0 Å². The molecule has 18 heavy (non-hydrogen) atoms. The van der Waals surface area contributed by atoms with E-state index < -0.39 is 18.8 Å². The lowest BCUT2D eigenvalue weighted by Crippen LogP contribution is -2.36. The summed E-state index contributed by atoms with van der Waals surface area (Å²) in [5, 5.41) is 9.57. The average molecular weight is 262 g/mol. The molecule has 102 valence electrons. The quantitative estimate of drug-likeness (QED) is 0.886. The van der Waals surface area contributed by atoms with Crippen LogP contribution in [0.2, 0.25) is 0 Å². The molecule has 0 unspecified atom stereocenters. The van der Waals surface area contributed by atoms with Crippen molar-refractivity contribution in [1.82, 2.24) is 4.98 Å². The smallest absolute Gasteiger partial charge is 0.389 e. The molecule has 0 bridgehead atoms. The molecule has 0 saturated carbocycles. The molecule has 1 N–H and O–H groups in total. The molecule has 1 aromatic rings. The van der Waals surface area contributed by atoms with Gasteiger partial charge in [-0.3, -0.25) is 0 Å². The number of aromatic nitrogens is 1. The fourth-order valence-electron chi connectivity index (χ4n) is 1.75. The summed E-state index contributed by atoms with van der Waals surface area (Å²) in [4.78, 5) is 5.12. The molecule has 0 aliphatic rings. The third-order valence-electron chi connectivity index (χ3n) is 2.43. The van der Waals surface area contributed by atoms with E-state index in [-0.39, 0.29) is 12.4 Å². The highest BCUT2D eigenvalue weighted by Crippen LogP contribution is 2.27. The van der Waals surface area contributed by atoms with Crippen LogP contribution in [0.25, 0.3) is 0 Å². The van der Waals surface area contributed by atoms with Crippen LogP contribution in [0, 0.1) is 0 Å². The Kier molecular flexibility index (Phi) is 4.95. The molecule has 3 nitrogen and oxygen atoms in total. The largest absolute Gasteiger partial charge is 0.405 e. The number of aliphatic hydroxyl groups is 1. The van der Waals surface area contributed by atoms with Gasteiger partial charge in [0.2, 0.25) is 0 Å². The number of rotatable bonds is 5. The fraction of sp³-hybridized carbons (Fsp3) is 0.583. The number of halogens is 3. The van der Waals surface area contributed by atoms with E-state index in [0.717, 1.165) is 4.90 Å². The van der Waals surface area contributed by atoms with Crippen molar-refractivity contribution in [3.05, 3.63) is 23.9 Å². The Morgan fingerprint density at radius 2 is 2.11 bits per heavy atom. The average Bonchev–Trinajstić information content (AvgIpc) is 2.26. The molecule has 0 amide bonds. The molecule has 0 aliphatic heterocycles. The van der Waals surface area contributed by atoms with Crippen LogP contribution in [-0.2, 0) is 0 Å². The molecule has 0 radical (unpaired) electrons. The van der Waals surface area contributed by atoms with Gasteiger partial charge in [0.15, 0.2) is 0 Å². The summed E-state index contributed by atoms with van der Waals surface area (Å²) in [5.74, 6) is 0.201. The Morgan fingerprint density at radius 1 is 1.44 bits per heavy atom. The summed E-state index contributed by atoms with van der Waals surface area (Å²) < 4.78 is 37.5. The van der Waals surface area contributed by atoms with Crippen molar-refractivity contribution in [2.24, 2.45) is 0 Å². The predicted octanol–water partition coefficient (Wildman–Crippen LogP) is 2.91. The molecule has 6 heteroatoms. The minimum absolute atomic E-state index is 0.201. The molecular formula is C12H17F3N2O. The highest BCUT2D eigenvalue weighted by molar-refractivity contribution is 5.47. The van der Waals surface area contributed by atoms with Crippen molar-refractivity contribution >= 4 is 5.82 Å². The maximum atomic E-state index is 12.5. The molecule has 1 rings (SSSR count). The van der Waals surface area contributed by atoms with Crippen LogP contribution in [-0.4, -0.2) is 29.4 Å². The van der Waals surface area contributed by atoms with Gasteiger partial charge in [-0.15, -0.1) is 0 Å². The monoisotopic (exact) mass is 262 g/mol. The fourth-order valence-corrected chi connectivity index (χ4v) is 1.75. The number of anilines is 1. The van der Waals surface area contributed by atoms with E-state index >= 15 is 0 Å². The lowest BCUT2D eigenvalue weighted by Gasteiger charge is -2.27. The van der Waals surface area contributed by atoms with Gasteiger partial charge in [-0.2, -0.15) is 13.2 Å². The van der Waals surface area contributed by atoms with Gasteiger partial charge in [0, 0.05) is 18.3 Å². The second kappa shape index (κ2) is 6.04. The molecule has 0 aliphatic carbocycles. The maximum Gasteiger partial charge on any atom is 0.405 e. The van der Waals surface area contributed by atoms with E-state index in [9.17, 15) is 18.3 Å². The molecule has 0 fully saturated rings. The summed E-state index contributed by atoms with van der Waals surface area (Å²) in [6.07, 6.45) is -3.13. The van der Waals surface area contributed by atoms with Crippen LogP contribution in [0.3, 0.4) is 0 Å². The third-order valence-corrected chi connectivity index (χ3v) is 2.43. The third kappa shape index (κ3) is 4.18. The van der Waals surface area contributed by atoms with Gasteiger partial charge in [0.05, 0.1) is 6.10 Å². The first-order valence-electron chi connectivity index (χ1n) is 5.80. The Balaban J connectivity index is 3.05. The van der Waals surface area contributed by atoms with E-state index in [1.54, 1.807) is 19.1 Å². The topological polar surface area (TPSA) is 36.4 Å². The van der Waals surface area contributed by atoms with Crippen molar-refractivity contribution in [2.75, 3.05) is 18.0 Å². The first kappa shape index (κ1) is 14.8. The normalized spacial score (nSPS) is 13.4. The van der Waals surface area contributed by atoms with Gasteiger partial charge in [-0.25, -0.2) is 4.98 Å². The number of aliphatic hydroxyl groups excluding tert-OH is 1. The Morgan fingerprint density at radius 3 is 2.61 bits per heavy atom. The number of alkyl halides is 3. The van der Waals surface area contributed by atoms with E-state index in [1.807, 2.05) is 0 Å². The van der Waals surface area contributed by atoms with Gasteiger partial charge >= 0.3 is 6.18 Å². The maximum absolute atomic E-state index is 12.5. The first-order chi connectivity index (χ1) is 8.35. The first-order valence-corrected chi connectivity index (χ1v) is 5.80. The van der Waals surface area contributed by atoms with E-state index in [4.69, 9.17) is 0 Å². The van der Waals surface area contributed by atoms with Crippen molar-refractivity contribution in [3.8, 4) is 0 Å².